The third kappa shape index (κ3) is 4.74. The van der Waals surface area contributed by atoms with E-state index in [9.17, 15) is 4.79 Å². The van der Waals surface area contributed by atoms with Crippen molar-refractivity contribution in [2.75, 3.05) is 6.61 Å². The van der Waals surface area contributed by atoms with Crippen LogP contribution in [0.5, 0.6) is 5.75 Å². The van der Waals surface area contributed by atoms with E-state index in [1.54, 1.807) is 24.3 Å². The number of benzene rings is 3. The van der Waals surface area contributed by atoms with E-state index in [1.807, 2.05) is 66.7 Å². The number of nitriles is 1. The molecule has 0 bridgehead atoms. The van der Waals surface area contributed by atoms with Gasteiger partial charge in [0.15, 0.2) is 6.61 Å². The first-order chi connectivity index (χ1) is 15.2. The Morgan fingerprint density at radius 1 is 1.03 bits per heavy atom. The Hall–Kier alpha value is -4.50. The average Bonchev–Trinajstić information content (AvgIpc) is 2.83. The normalized spacial score (nSPS) is 10.7. The van der Waals surface area contributed by atoms with E-state index in [-0.39, 0.29) is 12.5 Å². The summed E-state index contributed by atoms with van der Waals surface area (Å²) >= 11 is 0. The lowest BCUT2D eigenvalue weighted by molar-refractivity contribution is 0.0956. The van der Waals surface area contributed by atoms with Crippen molar-refractivity contribution in [1.82, 2.24) is 10.4 Å². The fraction of sp³-hybridized carbons (Fsp3) is 0.0400. The SMILES string of the molecule is N#CCOc1cccc(/C=N\NC(=O)c2cc(-c3ccccc3)nc3ccccc23)c1. The predicted octanol–water partition coefficient (Wildman–Crippen LogP) is 4.57. The molecular weight excluding hydrogens is 388 g/mol. The number of hydrazone groups is 1. The molecular formula is C25H18N4O2. The number of nitrogens with zero attached hydrogens (tertiary/aromatic N) is 3. The third-order valence-electron chi connectivity index (χ3n) is 4.57. The van der Waals surface area contributed by atoms with Gasteiger partial charge in [-0.2, -0.15) is 10.4 Å². The molecule has 0 fully saturated rings. The second-order valence-electron chi connectivity index (χ2n) is 6.66. The standard InChI is InChI=1S/C25H18N4O2/c26-13-14-31-20-10-6-7-18(15-20)17-27-29-25(30)22-16-24(19-8-2-1-3-9-19)28-23-12-5-4-11-21(22)23/h1-12,15-17H,14H2,(H,29,30)/b27-17-. The lowest BCUT2D eigenvalue weighted by Crippen LogP contribution is -2.18. The van der Waals surface area contributed by atoms with Crippen molar-refractivity contribution in [3.05, 3.63) is 96.1 Å². The molecule has 0 spiro atoms. The molecule has 0 aliphatic carbocycles. The van der Waals surface area contributed by atoms with Crippen LogP contribution in [0.1, 0.15) is 15.9 Å². The highest BCUT2D eigenvalue weighted by molar-refractivity contribution is 6.07. The van der Waals surface area contributed by atoms with Crippen LogP contribution in [0.3, 0.4) is 0 Å². The monoisotopic (exact) mass is 406 g/mol. The van der Waals surface area contributed by atoms with Gasteiger partial charge in [-0.3, -0.25) is 4.79 Å². The van der Waals surface area contributed by atoms with Gasteiger partial charge in [-0.25, -0.2) is 10.4 Å². The Kier molecular flexibility index (Phi) is 5.96. The first-order valence-corrected chi connectivity index (χ1v) is 9.63. The highest BCUT2D eigenvalue weighted by Crippen LogP contribution is 2.24. The zero-order chi connectivity index (χ0) is 21.5. The van der Waals surface area contributed by atoms with Crippen molar-refractivity contribution in [1.29, 1.82) is 5.26 Å². The van der Waals surface area contributed by atoms with E-state index >= 15 is 0 Å². The molecule has 31 heavy (non-hydrogen) atoms. The summed E-state index contributed by atoms with van der Waals surface area (Å²) in [5.41, 5.74) is 6.21. The Bertz CT molecular complexity index is 1290. The average molecular weight is 406 g/mol. The van der Waals surface area contributed by atoms with Crippen LogP contribution in [0.4, 0.5) is 0 Å². The van der Waals surface area contributed by atoms with Gasteiger partial charge in [0, 0.05) is 10.9 Å². The summed E-state index contributed by atoms with van der Waals surface area (Å²) in [5, 5.41) is 13.5. The Balaban J connectivity index is 1.59. The Morgan fingerprint density at radius 3 is 2.68 bits per heavy atom. The molecule has 0 saturated carbocycles. The van der Waals surface area contributed by atoms with Crippen LogP contribution < -0.4 is 10.2 Å². The van der Waals surface area contributed by atoms with Gasteiger partial charge in [0.2, 0.25) is 0 Å². The molecule has 0 atom stereocenters. The summed E-state index contributed by atoms with van der Waals surface area (Å²) in [6.45, 7) is -0.0316. The molecule has 150 valence electrons. The van der Waals surface area contributed by atoms with E-state index in [0.717, 1.165) is 27.7 Å². The molecule has 1 amide bonds. The first-order valence-electron chi connectivity index (χ1n) is 9.63. The number of para-hydroxylation sites is 1. The summed E-state index contributed by atoms with van der Waals surface area (Å²) in [7, 11) is 0. The molecule has 6 heteroatoms. The maximum Gasteiger partial charge on any atom is 0.272 e. The van der Waals surface area contributed by atoms with Crippen molar-refractivity contribution in [2.24, 2.45) is 5.10 Å². The van der Waals surface area contributed by atoms with E-state index in [0.29, 0.717) is 11.3 Å². The van der Waals surface area contributed by atoms with Gasteiger partial charge in [-0.1, -0.05) is 60.7 Å². The summed E-state index contributed by atoms with van der Waals surface area (Å²) in [4.78, 5) is 17.6. The van der Waals surface area contributed by atoms with Crippen molar-refractivity contribution < 1.29 is 9.53 Å². The van der Waals surface area contributed by atoms with Gasteiger partial charge >= 0.3 is 0 Å². The van der Waals surface area contributed by atoms with Gasteiger partial charge in [0.1, 0.15) is 11.8 Å². The van der Waals surface area contributed by atoms with Crippen molar-refractivity contribution >= 4 is 23.0 Å². The third-order valence-corrected chi connectivity index (χ3v) is 4.57. The number of ether oxygens (including phenoxy) is 1. The number of carbonyl (C=O) groups excluding carboxylic acids is 1. The predicted molar refractivity (Wildman–Crippen MR) is 120 cm³/mol. The Labute approximate surface area is 179 Å². The number of nitrogens with one attached hydrogen (secondary N) is 1. The van der Waals surface area contributed by atoms with Crippen LogP contribution in [0, 0.1) is 11.3 Å². The molecule has 4 rings (SSSR count). The van der Waals surface area contributed by atoms with Crippen LogP contribution in [-0.4, -0.2) is 23.7 Å². The second kappa shape index (κ2) is 9.33. The highest BCUT2D eigenvalue weighted by atomic mass is 16.5. The topological polar surface area (TPSA) is 87.4 Å². The van der Waals surface area contributed by atoms with E-state index in [1.165, 1.54) is 6.21 Å². The molecule has 1 aromatic heterocycles. The fourth-order valence-electron chi connectivity index (χ4n) is 3.15. The van der Waals surface area contributed by atoms with Crippen molar-refractivity contribution in [3.8, 4) is 23.1 Å². The largest absolute Gasteiger partial charge is 0.479 e. The first kappa shape index (κ1) is 19.8. The number of rotatable bonds is 6. The van der Waals surface area contributed by atoms with Crippen molar-refractivity contribution in [3.63, 3.8) is 0 Å². The quantitative estimate of drug-likeness (QED) is 0.375. The molecule has 3 aromatic carbocycles. The second-order valence-corrected chi connectivity index (χ2v) is 6.66. The smallest absolute Gasteiger partial charge is 0.272 e. The molecule has 6 nitrogen and oxygen atoms in total. The maximum absolute atomic E-state index is 12.9. The van der Waals surface area contributed by atoms with Gasteiger partial charge in [-0.05, 0) is 29.8 Å². The van der Waals surface area contributed by atoms with Crippen LogP contribution in [0.25, 0.3) is 22.2 Å². The zero-order valence-corrected chi connectivity index (χ0v) is 16.5. The Morgan fingerprint density at radius 2 is 1.84 bits per heavy atom. The summed E-state index contributed by atoms with van der Waals surface area (Å²) in [5.74, 6) is 0.230. The summed E-state index contributed by atoms with van der Waals surface area (Å²) < 4.78 is 5.28. The minimum atomic E-state index is -0.330. The molecule has 4 aromatic rings. The number of carbonyl (C=O) groups is 1. The number of hydrogen-bond donors (Lipinski definition) is 1. The minimum Gasteiger partial charge on any atom is -0.479 e. The fourth-order valence-corrected chi connectivity index (χ4v) is 3.15. The van der Waals surface area contributed by atoms with Gasteiger partial charge in [0.05, 0.1) is 23.0 Å². The molecule has 1 heterocycles. The van der Waals surface area contributed by atoms with Gasteiger partial charge < -0.3 is 4.74 Å². The molecule has 0 saturated heterocycles. The van der Waals surface area contributed by atoms with Crippen LogP contribution in [0.15, 0.2) is 90.0 Å². The molecule has 0 aliphatic rings. The van der Waals surface area contributed by atoms with E-state index in [4.69, 9.17) is 15.0 Å². The lowest BCUT2D eigenvalue weighted by atomic mass is 10.0. The maximum atomic E-state index is 12.9. The van der Waals surface area contributed by atoms with Gasteiger partial charge in [-0.15, -0.1) is 0 Å². The van der Waals surface area contributed by atoms with Crippen LogP contribution in [-0.2, 0) is 0 Å². The highest BCUT2D eigenvalue weighted by Gasteiger charge is 2.13. The summed E-state index contributed by atoms with van der Waals surface area (Å²) in [6.07, 6.45) is 1.53. The van der Waals surface area contributed by atoms with Crippen LogP contribution in [0.2, 0.25) is 0 Å². The van der Waals surface area contributed by atoms with Gasteiger partial charge in [0.25, 0.3) is 5.91 Å². The molecule has 1 N–H and O–H groups in total. The van der Waals surface area contributed by atoms with Crippen LogP contribution >= 0.6 is 0 Å². The zero-order valence-electron chi connectivity index (χ0n) is 16.5. The number of aromatic nitrogens is 1. The number of pyridine rings is 1. The van der Waals surface area contributed by atoms with Crippen molar-refractivity contribution in [2.45, 2.75) is 0 Å². The minimum absolute atomic E-state index is 0.0316. The molecule has 0 aliphatic heterocycles. The number of hydrogen-bond acceptors (Lipinski definition) is 5. The summed E-state index contributed by atoms with van der Waals surface area (Å²) in [6, 6.07) is 28.0. The number of amides is 1. The lowest BCUT2D eigenvalue weighted by Gasteiger charge is -2.09. The number of fused-ring (bicyclic) bond motifs is 1. The van der Waals surface area contributed by atoms with E-state index < -0.39 is 0 Å². The van der Waals surface area contributed by atoms with E-state index in [2.05, 4.69) is 10.5 Å². The molecule has 0 radical (unpaired) electrons. The molecule has 0 unspecified atom stereocenters.